The monoisotopic (exact) mass is 238 g/mol. The lowest BCUT2D eigenvalue weighted by molar-refractivity contribution is -0.139. The van der Waals surface area contributed by atoms with Gasteiger partial charge in [-0.3, -0.25) is 4.79 Å². The number of nitrogens with zero attached hydrogens (tertiary/aromatic N) is 1. The van der Waals surface area contributed by atoms with E-state index in [9.17, 15) is 4.79 Å². The van der Waals surface area contributed by atoms with Crippen LogP contribution in [0.1, 0.15) is 40.5 Å². The second-order valence-corrected chi connectivity index (χ2v) is 6.14. The molecule has 2 unspecified atom stereocenters. The first kappa shape index (κ1) is 12.9. The van der Waals surface area contributed by atoms with E-state index in [-0.39, 0.29) is 11.5 Å². The Morgan fingerprint density at radius 1 is 1.35 bits per heavy atom. The summed E-state index contributed by atoms with van der Waals surface area (Å²) in [5.41, 5.74) is 0.0356. The Balaban J connectivity index is 2.14. The van der Waals surface area contributed by atoms with Gasteiger partial charge in [-0.15, -0.1) is 0 Å². The van der Waals surface area contributed by atoms with Crippen LogP contribution in [-0.4, -0.2) is 36.0 Å². The Morgan fingerprint density at radius 3 is 2.53 bits per heavy atom. The average Bonchev–Trinajstić information content (AvgIpc) is 2.83. The van der Waals surface area contributed by atoms with Crippen molar-refractivity contribution in [2.24, 2.45) is 17.8 Å². The Morgan fingerprint density at radius 2 is 2.00 bits per heavy atom. The molecule has 2 heterocycles. The number of rotatable bonds is 3. The van der Waals surface area contributed by atoms with Gasteiger partial charge in [0, 0.05) is 31.1 Å². The highest BCUT2D eigenvalue weighted by molar-refractivity contribution is 5.80. The van der Waals surface area contributed by atoms with Crippen LogP contribution in [0.15, 0.2) is 0 Å². The van der Waals surface area contributed by atoms with Gasteiger partial charge in [-0.25, -0.2) is 0 Å². The molecule has 0 spiro atoms. The van der Waals surface area contributed by atoms with E-state index in [1.807, 2.05) is 0 Å². The predicted octanol–water partition coefficient (Wildman–Crippen LogP) is 1.88. The van der Waals surface area contributed by atoms with Crippen molar-refractivity contribution in [3.8, 4) is 0 Å². The van der Waals surface area contributed by atoms with Gasteiger partial charge in [0.1, 0.15) is 0 Å². The molecule has 0 aromatic carbocycles. The third kappa shape index (κ3) is 1.99. The van der Waals surface area contributed by atoms with E-state index in [0.717, 1.165) is 32.5 Å². The molecule has 2 saturated heterocycles. The van der Waals surface area contributed by atoms with Crippen molar-refractivity contribution >= 4 is 5.91 Å². The number of fused-ring (bicyclic) bond motifs is 1. The van der Waals surface area contributed by atoms with Crippen LogP contribution in [0, 0.1) is 17.8 Å². The molecule has 0 aliphatic carbocycles. The minimum absolute atomic E-state index is 0.0356. The standard InChI is InChI=1S/C14H26N2O/c1-5-10(6-2)13(17)16-9-11-7-15-8-12(11)14(16,3)4/h10-12,15H,5-9H2,1-4H3. The third-order valence-electron chi connectivity index (χ3n) is 4.96. The summed E-state index contributed by atoms with van der Waals surface area (Å²) in [6.45, 7) is 11.8. The van der Waals surface area contributed by atoms with Crippen LogP contribution in [0.4, 0.5) is 0 Å². The molecule has 2 rings (SSSR count). The zero-order chi connectivity index (χ0) is 12.6. The van der Waals surface area contributed by atoms with E-state index in [4.69, 9.17) is 0 Å². The molecule has 0 radical (unpaired) electrons. The lowest BCUT2D eigenvalue weighted by atomic mass is 9.84. The van der Waals surface area contributed by atoms with Crippen LogP contribution in [0.3, 0.4) is 0 Å². The molecular formula is C14H26N2O. The maximum absolute atomic E-state index is 12.6. The summed E-state index contributed by atoms with van der Waals surface area (Å²) in [6.07, 6.45) is 1.94. The SMILES string of the molecule is CCC(CC)C(=O)N1CC2CNCC2C1(C)C. The van der Waals surface area contributed by atoms with Crippen LogP contribution >= 0.6 is 0 Å². The summed E-state index contributed by atoms with van der Waals surface area (Å²) in [6, 6.07) is 0. The van der Waals surface area contributed by atoms with Crippen molar-refractivity contribution < 1.29 is 4.79 Å². The summed E-state index contributed by atoms with van der Waals surface area (Å²) >= 11 is 0. The van der Waals surface area contributed by atoms with Crippen molar-refractivity contribution in [1.29, 1.82) is 0 Å². The Bertz CT molecular complexity index is 297. The van der Waals surface area contributed by atoms with Crippen LogP contribution in [0.2, 0.25) is 0 Å². The van der Waals surface area contributed by atoms with Gasteiger partial charge in [0.15, 0.2) is 0 Å². The number of carbonyl (C=O) groups is 1. The minimum atomic E-state index is 0.0356. The first-order valence-corrected chi connectivity index (χ1v) is 7.04. The van der Waals surface area contributed by atoms with Gasteiger partial charge >= 0.3 is 0 Å². The van der Waals surface area contributed by atoms with Gasteiger partial charge in [0.05, 0.1) is 0 Å². The molecule has 0 aromatic heterocycles. The lowest BCUT2D eigenvalue weighted by Gasteiger charge is -2.37. The van der Waals surface area contributed by atoms with E-state index in [0.29, 0.717) is 17.7 Å². The van der Waals surface area contributed by atoms with Crippen molar-refractivity contribution in [1.82, 2.24) is 10.2 Å². The molecule has 98 valence electrons. The number of likely N-dealkylation sites (tertiary alicyclic amines) is 1. The maximum Gasteiger partial charge on any atom is 0.226 e. The number of nitrogens with one attached hydrogen (secondary N) is 1. The molecule has 0 saturated carbocycles. The predicted molar refractivity (Wildman–Crippen MR) is 69.7 cm³/mol. The number of carbonyl (C=O) groups excluding carboxylic acids is 1. The van der Waals surface area contributed by atoms with E-state index in [1.165, 1.54) is 0 Å². The van der Waals surface area contributed by atoms with E-state index >= 15 is 0 Å². The van der Waals surface area contributed by atoms with Crippen LogP contribution in [0.5, 0.6) is 0 Å². The fraction of sp³-hybridized carbons (Fsp3) is 0.929. The van der Waals surface area contributed by atoms with Gasteiger partial charge in [0.2, 0.25) is 5.91 Å². The first-order valence-electron chi connectivity index (χ1n) is 7.04. The summed E-state index contributed by atoms with van der Waals surface area (Å²) in [7, 11) is 0. The molecule has 3 nitrogen and oxygen atoms in total. The van der Waals surface area contributed by atoms with Crippen molar-refractivity contribution in [3.63, 3.8) is 0 Å². The molecule has 3 heteroatoms. The van der Waals surface area contributed by atoms with Crippen molar-refractivity contribution in [2.45, 2.75) is 46.1 Å². The highest BCUT2D eigenvalue weighted by atomic mass is 16.2. The first-order chi connectivity index (χ1) is 8.02. The number of amides is 1. The normalized spacial score (nSPS) is 31.0. The summed E-state index contributed by atoms with van der Waals surface area (Å²) in [5.74, 6) is 1.92. The molecule has 1 amide bonds. The Kier molecular flexibility index (Phi) is 3.48. The zero-order valence-electron chi connectivity index (χ0n) is 11.6. The number of hydrogen-bond donors (Lipinski definition) is 1. The van der Waals surface area contributed by atoms with E-state index in [2.05, 4.69) is 37.9 Å². The van der Waals surface area contributed by atoms with Gasteiger partial charge in [-0.2, -0.15) is 0 Å². The van der Waals surface area contributed by atoms with Crippen LogP contribution < -0.4 is 5.32 Å². The molecule has 17 heavy (non-hydrogen) atoms. The highest BCUT2D eigenvalue weighted by Crippen LogP contribution is 2.41. The van der Waals surface area contributed by atoms with E-state index < -0.39 is 0 Å². The Labute approximate surface area is 105 Å². The smallest absolute Gasteiger partial charge is 0.226 e. The largest absolute Gasteiger partial charge is 0.337 e. The van der Waals surface area contributed by atoms with Gasteiger partial charge in [-0.05, 0) is 38.5 Å². The topological polar surface area (TPSA) is 32.3 Å². The summed E-state index contributed by atoms with van der Waals surface area (Å²) in [5, 5.41) is 3.46. The van der Waals surface area contributed by atoms with Gasteiger partial charge in [0.25, 0.3) is 0 Å². The maximum atomic E-state index is 12.6. The fourth-order valence-corrected chi connectivity index (χ4v) is 3.65. The fourth-order valence-electron chi connectivity index (χ4n) is 3.65. The van der Waals surface area contributed by atoms with E-state index in [1.54, 1.807) is 0 Å². The Hall–Kier alpha value is -0.570. The molecule has 2 fully saturated rings. The molecular weight excluding hydrogens is 212 g/mol. The van der Waals surface area contributed by atoms with Crippen molar-refractivity contribution in [2.75, 3.05) is 19.6 Å². The second-order valence-electron chi connectivity index (χ2n) is 6.14. The van der Waals surface area contributed by atoms with Gasteiger partial charge < -0.3 is 10.2 Å². The van der Waals surface area contributed by atoms with Gasteiger partial charge in [-0.1, -0.05) is 13.8 Å². The molecule has 0 aromatic rings. The summed E-state index contributed by atoms with van der Waals surface area (Å²) in [4.78, 5) is 14.7. The zero-order valence-corrected chi connectivity index (χ0v) is 11.6. The molecule has 0 bridgehead atoms. The lowest BCUT2D eigenvalue weighted by Crippen LogP contribution is -2.49. The van der Waals surface area contributed by atoms with Crippen LogP contribution in [0.25, 0.3) is 0 Å². The molecule has 2 atom stereocenters. The molecule has 2 aliphatic heterocycles. The second kappa shape index (κ2) is 4.60. The minimum Gasteiger partial charge on any atom is -0.337 e. The summed E-state index contributed by atoms with van der Waals surface area (Å²) < 4.78 is 0. The molecule has 2 aliphatic rings. The number of hydrogen-bond acceptors (Lipinski definition) is 2. The van der Waals surface area contributed by atoms with Crippen molar-refractivity contribution in [3.05, 3.63) is 0 Å². The highest BCUT2D eigenvalue weighted by Gasteiger charge is 2.51. The average molecular weight is 238 g/mol. The third-order valence-corrected chi connectivity index (χ3v) is 4.96. The molecule has 1 N–H and O–H groups in total. The quantitative estimate of drug-likeness (QED) is 0.814. The van der Waals surface area contributed by atoms with Crippen LogP contribution in [-0.2, 0) is 4.79 Å².